The number of hydrogen-bond acceptors (Lipinski definition) is 6. The Morgan fingerprint density at radius 3 is 2.21 bits per heavy atom. The highest BCUT2D eigenvalue weighted by molar-refractivity contribution is 6.76. The highest BCUT2D eigenvalue weighted by Crippen LogP contribution is 2.39. The molecule has 0 bridgehead atoms. The van der Waals surface area contributed by atoms with Gasteiger partial charge in [0, 0.05) is 34.9 Å². The van der Waals surface area contributed by atoms with Gasteiger partial charge in [-0.1, -0.05) is 46.2 Å². The van der Waals surface area contributed by atoms with E-state index in [1.807, 2.05) is 11.5 Å². The maximum Gasteiger partial charge on any atom is 0.387 e. The van der Waals surface area contributed by atoms with Crippen molar-refractivity contribution in [1.82, 2.24) is 14.3 Å². The van der Waals surface area contributed by atoms with Gasteiger partial charge in [-0.25, -0.2) is 4.68 Å². The number of fused-ring (bicyclic) bond motifs is 1. The van der Waals surface area contributed by atoms with Crippen molar-refractivity contribution in [3.05, 3.63) is 40.3 Å². The second kappa shape index (κ2) is 14.0. The first-order chi connectivity index (χ1) is 20.3. The predicted molar refractivity (Wildman–Crippen MR) is 172 cm³/mol. The topological polar surface area (TPSA) is 76.7 Å². The lowest BCUT2D eigenvalue weighted by Crippen LogP contribution is -2.26. The molecule has 0 aliphatic heterocycles. The summed E-state index contributed by atoms with van der Waals surface area (Å²) in [7, 11) is -2.59. The number of benzene rings is 1. The van der Waals surface area contributed by atoms with Crippen molar-refractivity contribution in [3.63, 3.8) is 0 Å². The number of halogens is 2. The Bertz CT molecular complexity index is 1440. The lowest BCUT2D eigenvalue weighted by Gasteiger charge is -2.18. The average molecular weight is 636 g/mol. The van der Waals surface area contributed by atoms with E-state index in [0.717, 1.165) is 41.8 Å². The molecule has 1 aliphatic rings. The summed E-state index contributed by atoms with van der Waals surface area (Å²) in [5, 5.41) is 5.02. The van der Waals surface area contributed by atoms with Crippen molar-refractivity contribution in [3.8, 4) is 22.8 Å². The molecule has 4 rings (SSSR count). The van der Waals surface area contributed by atoms with E-state index in [0.29, 0.717) is 43.1 Å². The van der Waals surface area contributed by atoms with E-state index in [4.69, 9.17) is 18.9 Å². The predicted octanol–water partition coefficient (Wildman–Crippen LogP) is 7.44. The lowest BCUT2D eigenvalue weighted by molar-refractivity contribution is -0.0515. The van der Waals surface area contributed by atoms with Crippen LogP contribution in [0.25, 0.3) is 22.2 Å². The quantitative estimate of drug-likeness (QED) is 0.113. The Hall–Kier alpha value is -2.55. The number of rotatable bonds is 17. The van der Waals surface area contributed by atoms with E-state index in [1.165, 1.54) is 10.7 Å². The Morgan fingerprint density at radius 2 is 1.63 bits per heavy atom. The molecular weight excluding hydrogens is 589 g/mol. The Balaban J connectivity index is 1.77. The Labute approximate surface area is 255 Å². The fourth-order valence-electron chi connectivity index (χ4n) is 4.79. The molecule has 12 heteroatoms. The van der Waals surface area contributed by atoms with Gasteiger partial charge in [-0.3, -0.25) is 4.79 Å². The number of alkyl halides is 2. The fraction of sp³-hybridized carbons (Fsp3) is 0.613. The van der Waals surface area contributed by atoms with Crippen molar-refractivity contribution in [1.29, 1.82) is 0 Å². The third kappa shape index (κ3) is 9.23. The molecule has 1 saturated carbocycles. The maximum absolute atomic E-state index is 13.8. The fourth-order valence-corrected chi connectivity index (χ4v) is 6.30. The smallest absolute Gasteiger partial charge is 0.387 e. The van der Waals surface area contributed by atoms with Crippen LogP contribution in [0, 0.1) is 5.92 Å². The van der Waals surface area contributed by atoms with Crippen LogP contribution < -0.4 is 15.0 Å². The summed E-state index contributed by atoms with van der Waals surface area (Å²) in [6, 6.07) is 6.98. The summed E-state index contributed by atoms with van der Waals surface area (Å²) >= 11 is 0. The van der Waals surface area contributed by atoms with Gasteiger partial charge < -0.3 is 23.5 Å². The first kappa shape index (κ1) is 33.3. The number of nitrogens with zero attached hydrogens (tertiary/aromatic N) is 3. The SMILES string of the molecule is CCc1c(-c2ccc(OC(F)F)c(OCC3CC3)c2)n(COCC[Si](C)(C)C)c2cnn(COCC[Si](C)(C)C)c(=O)c12. The van der Waals surface area contributed by atoms with Crippen molar-refractivity contribution >= 4 is 27.1 Å². The molecule has 2 aromatic heterocycles. The van der Waals surface area contributed by atoms with Gasteiger partial charge in [0.15, 0.2) is 11.5 Å². The van der Waals surface area contributed by atoms with Gasteiger partial charge in [0.2, 0.25) is 0 Å². The normalized spacial score (nSPS) is 14.2. The summed E-state index contributed by atoms with van der Waals surface area (Å²) in [4.78, 5) is 13.8. The number of aryl methyl sites for hydroxylation is 1. The lowest BCUT2D eigenvalue weighted by atomic mass is 10.0. The zero-order valence-electron chi connectivity index (χ0n) is 26.7. The maximum atomic E-state index is 13.8. The van der Waals surface area contributed by atoms with Gasteiger partial charge in [0.1, 0.15) is 13.5 Å². The first-order valence-electron chi connectivity index (χ1n) is 15.3. The Kier molecular flexibility index (Phi) is 10.9. The highest BCUT2D eigenvalue weighted by Gasteiger charge is 2.26. The zero-order chi connectivity index (χ0) is 31.4. The van der Waals surface area contributed by atoms with Crippen LogP contribution in [0.2, 0.25) is 51.4 Å². The zero-order valence-corrected chi connectivity index (χ0v) is 28.7. The minimum absolute atomic E-state index is 0.00835. The van der Waals surface area contributed by atoms with Crippen LogP contribution in [0.1, 0.15) is 25.3 Å². The summed E-state index contributed by atoms with van der Waals surface area (Å²) < 4.78 is 52.6. The molecule has 0 spiro atoms. The first-order valence-corrected chi connectivity index (χ1v) is 22.7. The van der Waals surface area contributed by atoms with Crippen molar-refractivity contribution in [2.75, 3.05) is 19.8 Å². The van der Waals surface area contributed by atoms with Gasteiger partial charge in [0.05, 0.1) is 29.4 Å². The number of hydrogen-bond donors (Lipinski definition) is 0. The van der Waals surface area contributed by atoms with E-state index < -0.39 is 22.8 Å². The van der Waals surface area contributed by atoms with Crippen LogP contribution in [0.5, 0.6) is 11.5 Å². The molecule has 0 radical (unpaired) electrons. The van der Waals surface area contributed by atoms with Crippen LogP contribution in [-0.2, 0) is 29.4 Å². The molecule has 8 nitrogen and oxygen atoms in total. The second-order valence-electron chi connectivity index (χ2n) is 13.8. The molecule has 0 unspecified atom stereocenters. The summed E-state index contributed by atoms with van der Waals surface area (Å²) in [6.45, 7) is 14.7. The number of aromatic nitrogens is 3. The highest BCUT2D eigenvalue weighted by atomic mass is 28.3. The molecule has 0 N–H and O–H groups in total. The molecule has 238 valence electrons. The van der Waals surface area contributed by atoms with Gasteiger partial charge >= 0.3 is 6.61 Å². The van der Waals surface area contributed by atoms with Crippen molar-refractivity contribution in [2.24, 2.45) is 5.92 Å². The third-order valence-electron chi connectivity index (χ3n) is 7.56. The monoisotopic (exact) mass is 635 g/mol. The molecule has 0 amide bonds. The molecule has 0 atom stereocenters. The largest absolute Gasteiger partial charge is 0.489 e. The average Bonchev–Trinajstić information content (AvgIpc) is 3.69. The third-order valence-corrected chi connectivity index (χ3v) is 11.0. The van der Waals surface area contributed by atoms with Gasteiger partial charge in [-0.05, 0) is 61.0 Å². The molecule has 43 heavy (non-hydrogen) atoms. The van der Waals surface area contributed by atoms with E-state index in [-0.39, 0.29) is 30.5 Å². The van der Waals surface area contributed by atoms with Crippen LogP contribution in [0.15, 0.2) is 29.2 Å². The van der Waals surface area contributed by atoms with Crippen LogP contribution in [0.3, 0.4) is 0 Å². The minimum atomic E-state index is -2.97. The molecule has 3 aromatic rings. The van der Waals surface area contributed by atoms with Gasteiger partial charge in [-0.2, -0.15) is 13.9 Å². The van der Waals surface area contributed by atoms with E-state index >= 15 is 0 Å². The van der Waals surface area contributed by atoms with Crippen LogP contribution in [-0.4, -0.2) is 56.9 Å². The molecule has 2 heterocycles. The summed E-state index contributed by atoms with van der Waals surface area (Å²) in [5.74, 6) is 0.679. The standard InChI is InChI=1S/C31H47F2N3O5Si2/c1-8-24-28-25(18-34-36(30(28)37)21-39-14-16-43(5,6)7)35(20-38-13-15-42(2,3)4)29(24)23-11-12-26(41-31(32)33)27(17-23)40-19-22-9-10-22/h11-12,17-18,22,31H,8-10,13-16,19-21H2,1-7H3. The van der Waals surface area contributed by atoms with Crippen molar-refractivity contribution < 1.29 is 27.7 Å². The molecule has 1 fully saturated rings. The molecule has 1 aromatic carbocycles. The van der Waals surface area contributed by atoms with Crippen molar-refractivity contribution in [2.45, 2.75) is 97.6 Å². The summed E-state index contributed by atoms with van der Waals surface area (Å²) in [6.07, 6.45) is 4.39. The van der Waals surface area contributed by atoms with Crippen LogP contribution in [0.4, 0.5) is 8.78 Å². The number of ether oxygens (including phenoxy) is 4. The second-order valence-corrected chi connectivity index (χ2v) is 25.1. The van der Waals surface area contributed by atoms with Gasteiger partial charge in [-0.15, -0.1) is 0 Å². The van der Waals surface area contributed by atoms with Crippen LogP contribution >= 0.6 is 0 Å². The van der Waals surface area contributed by atoms with E-state index in [1.54, 1.807) is 18.3 Å². The molecule has 0 saturated heterocycles. The Morgan fingerprint density at radius 1 is 0.977 bits per heavy atom. The van der Waals surface area contributed by atoms with E-state index in [2.05, 4.69) is 44.4 Å². The molecule has 1 aliphatic carbocycles. The van der Waals surface area contributed by atoms with Gasteiger partial charge in [0.25, 0.3) is 5.56 Å². The molecular formula is C31H47F2N3O5Si2. The summed E-state index contributed by atoms with van der Waals surface area (Å²) in [5.41, 5.74) is 2.78. The minimum Gasteiger partial charge on any atom is -0.489 e. The van der Waals surface area contributed by atoms with E-state index in [9.17, 15) is 13.6 Å².